The van der Waals surface area contributed by atoms with E-state index in [0.29, 0.717) is 5.02 Å². The highest BCUT2D eigenvalue weighted by molar-refractivity contribution is 6.30. The van der Waals surface area contributed by atoms with Gasteiger partial charge in [0.15, 0.2) is 0 Å². The predicted octanol–water partition coefficient (Wildman–Crippen LogP) is 4.61. The van der Waals surface area contributed by atoms with Crippen molar-refractivity contribution in [3.63, 3.8) is 0 Å². The molecule has 0 fully saturated rings. The zero-order chi connectivity index (χ0) is 15.0. The van der Waals surface area contributed by atoms with Crippen molar-refractivity contribution in [3.8, 4) is 5.75 Å². The molecule has 21 heavy (non-hydrogen) atoms. The third-order valence-corrected chi connectivity index (χ3v) is 3.82. The van der Waals surface area contributed by atoms with Crippen molar-refractivity contribution in [1.29, 1.82) is 0 Å². The van der Waals surface area contributed by atoms with Crippen LogP contribution < -0.4 is 4.74 Å². The van der Waals surface area contributed by atoms with Crippen LogP contribution in [-0.2, 0) is 0 Å². The number of halogens is 1. The number of hydrogen-bond donors (Lipinski definition) is 1. The van der Waals surface area contributed by atoms with Crippen molar-refractivity contribution in [2.24, 2.45) is 0 Å². The fourth-order valence-electron chi connectivity index (χ4n) is 2.41. The van der Waals surface area contributed by atoms with E-state index in [1.165, 1.54) is 0 Å². The largest absolute Gasteiger partial charge is 0.483 e. The summed E-state index contributed by atoms with van der Waals surface area (Å²) in [7, 11) is 0. The molecule has 0 radical (unpaired) electrons. The molecule has 0 amide bonds. The van der Waals surface area contributed by atoms with Crippen molar-refractivity contribution in [1.82, 2.24) is 0 Å². The Morgan fingerprint density at radius 1 is 1.05 bits per heavy atom. The van der Waals surface area contributed by atoms with E-state index in [9.17, 15) is 5.11 Å². The second-order valence-electron chi connectivity index (χ2n) is 5.79. The van der Waals surface area contributed by atoms with Gasteiger partial charge in [0.1, 0.15) is 17.5 Å². The first-order valence-corrected chi connectivity index (χ1v) is 7.28. The van der Waals surface area contributed by atoms with Crippen LogP contribution in [0.3, 0.4) is 0 Å². The minimum absolute atomic E-state index is 0.288. The van der Waals surface area contributed by atoms with Crippen molar-refractivity contribution in [3.05, 3.63) is 70.3 Å². The van der Waals surface area contributed by atoms with Crippen molar-refractivity contribution in [2.75, 3.05) is 0 Å². The molecule has 0 aliphatic carbocycles. The molecule has 1 aliphatic rings. The lowest BCUT2D eigenvalue weighted by Gasteiger charge is -2.28. The molecule has 1 N–H and O–H groups in total. The number of benzene rings is 2. The van der Waals surface area contributed by atoms with E-state index in [4.69, 9.17) is 16.3 Å². The molecule has 3 heteroatoms. The summed E-state index contributed by atoms with van der Waals surface area (Å²) in [6.45, 7) is 4.03. The molecule has 2 aromatic carbocycles. The first kappa shape index (κ1) is 14.2. The monoisotopic (exact) mass is 300 g/mol. The van der Waals surface area contributed by atoms with Crippen molar-refractivity contribution < 1.29 is 9.84 Å². The van der Waals surface area contributed by atoms with Crippen LogP contribution in [-0.4, -0.2) is 10.7 Å². The summed E-state index contributed by atoms with van der Waals surface area (Å²) in [6.07, 6.45) is 3.39. The molecule has 2 nitrogen and oxygen atoms in total. The zero-order valence-electron chi connectivity index (χ0n) is 12.0. The molecule has 0 saturated heterocycles. The second-order valence-corrected chi connectivity index (χ2v) is 6.23. The Morgan fingerprint density at radius 3 is 2.43 bits per heavy atom. The zero-order valence-corrected chi connectivity index (χ0v) is 12.8. The van der Waals surface area contributed by atoms with Crippen molar-refractivity contribution >= 4 is 17.7 Å². The van der Waals surface area contributed by atoms with Gasteiger partial charge < -0.3 is 9.84 Å². The van der Waals surface area contributed by atoms with E-state index in [-0.39, 0.29) is 5.60 Å². The van der Waals surface area contributed by atoms with Crippen LogP contribution in [0.2, 0.25) is 5.02 Å². The van der Waals surface area contributed by atoms with Gasteiger partial charge in [-0.1, -0.05) is 35.9 Å². The van der Waals surface area contributed by atoms with Crippen LogP contribution in [0.25, 0.3) is 6.08 Å². The Bertz CT molecular complexity index is 687. The number of fused-ring (bicyclic) bond motifs is 1. The number of hydrogen-bond acceptors (Lipinski definition) is 2. The van der Waals surface area contributed by atoms with E-state index in [1.807, 2.05) is 56.3 Å². The smallest absolute Gasteiger partial charge is 0.127 e. The molecule has 0 aromatic heterocycles. The van der Waals surface area contributed by atoms with Gasteiger partial charge in [0.05, 0.1) is 0 Å². The summed E-state index contributed by atoms with van der Waals surface area (Å²) in [5.41, 5.74) is 2.35. The normalized spacial score (nSPS) is 17.0. The minimum atomic E-state index is -0.670. The Hall–Kier alpha value is -1.77. The Kier molecular flexibility index (Phi) is 3.52. The first-order valence-electron chi connectivity index (χ1n) is 6.90. The topological polar surface area (TPSA) is 29.5 Å². The summed E-state index contributed by atoms with van der Waals surface area (Å²) in [6, 6.07) is 13.0. The van der Waals surface area contributed by atoms with Gasteiger partial charge in [-0.05, 0) is 55.3 Å². The van der Waals surface area contributed by atoms with Crippen LogP contribution in [0.1, 0.15) is 36.6 Å². The SMILES string of the molecule is CC1(C)C=Cc2cc(C(O)c3ccc(Cl)cc3)ccc2O1. The second kappa shape index (κ2) is 5.21. The lowest BCUT2D eigenvalue weighted by molar-refractivity contribution is 0.158. The number of aliphatic hydroxyl groups excluding tert-OH is 1. The lowest BCUT2D eigenvalue weighted by atomic mass is 9.96. The molecule has 1 atom stereocenters. The summed E-state index contributed by atoms with van der Waals surface area (Å²) in [5.74, 6) is 0.842. The molecule has 0 saturated carbocycles. The number of ether oxygens (including phenoxy) is 1. The summed E-state index contributed by atoms with van der Waals surface area (Å²) in [4.78, 5) is 0. The summed E-state index contributed by atoms with van der Waals surface area (Å²) >= 11 is 5.88. The van der Waals surface area contributed by atoms with E-state index < -0.39 is 6.10 Å². The van der Waals surface area contributed by atoms with Gasteiger partial charge in [-0.25, -0.2) is 0 Å². The molecule has 1 heterocycles. The third kappa shape index (κ3) is 2.97. The van der Waals surface area contributed by atoms with E-state index in [0.717, 1.165) is 22.4 Å². The van der Waals surface area contributed by atoms with Gasteiger partial charge in [-0.3, -0.25) is 0 Å². The highest BCUT2D eigenvalue weighted by atomic mass is 35.5. The van der Waals surface area contributed by atoms with Crippen LogP contribution >= 0.6 is 11.6 Å². The van der Waals surface area contributed by atoms with Crippen LogP contribution in [0, 0.1) is 0 Å². The van der Waals surface area contributed by atoms with Gasteiger partial charge in [-0.2, -0.15) is 0 Å². The standard InChI is InChI=1S/C18H17ClO2/c1-18(2)10-9-13-11-14(5-8-16(13)21-18)17(20)12-3-6-15(19)7-4-12/h3-11,17,20H,1-2H3. The number of aliphatic hydroxyl groups is 1. The van der Waals surface area contributed by atoms with E-state index in [2.05, 4.69) is 0 Å². The third-order valence-electron chi connectivity index (χ3n) is 3.57. The first-order chi connectivity index (χ1) is 9.94. The minimum Gasteiger partial charge on any atom is -0.483 e. The molecule has 2 aromatic rings. The van der Waals surface area contributed by atoms with Gasteiger partial charge in [0, 0.05) is 10.6 Å². The highest BCUT2D eigenvalue weighted by Gasteiger charge is 2.22. The molecular weight excluding hydrogens is 284 g/mol. The average molecular weight is 301 g/mol. The Morgan fingerprint density at radius 2 is 1.71 bits per heavy atom. The van der Waals surface area contributed by atoms with Crippen molar-refractivity contribution in [2.45, 2.75) is 25.6 Å². The van der Waals surface area contributed by atoms with E-state index >= 15 is 0 Å². The number of rotatable bonds is 2. The molecule has 0 spiro atoms. The molecule has 108 valence electrons. The quantitative estimate of drug-likeness (QED) is 0.878. The summed E-state index contributed by atoms with van der Waals surface area (Å²) in [5, 5.41) is 11.1. The molecule has 0 bridgehead atoms. The fourth-order valence-corrected chi connectivity index (χ4v) is 2.53. The van der Waals surface area contributed by atoms with Crippen LogP contribution in [0.15, 0.2) is 48.5 Å². The van der Waals surface area contributed by atoms with Gasteiger partial charge in [-0.15, -0.1) is 0 Å². The molecular formula is C18H17ClO2. The Balaban J connectivity index is 1.92. The summed E-state index contributed by atoms with van der Waals surface area (Å²) < 4.78 is 5.89. The van der Waals surface area contributed by atoms with Gasteiger partial charge >= 0.3 is 0 Å². The maximum Gasteiger partial charge on any atom is 0.127 e. The van der Waals surface area contributed by atoms with Crippen LogP contribution in [0.5, 0.6) is 5.75 Å². The van der Waals surface area contributed by atoms with Gasteiger partial charge in [0.2, 0.25) is 0 Å². The predicted molar refractivity (Wildman–Crippen MR) is 85.7 cm³/mol. The van der Waals surface area contributed by atoms with E-state index in [1.54, 1.807) is 12.1 Å². The maximum absolute atomic E-state index is 10.5. The molecule has 3 rings (SSSR count). The maximum atomic E-state index is 10.5. The average Bonchev–Trinajstić information content (AvgIpc) is 2.46. The van der Waals surface area contributed by atoms with Gasteiger partial charge in [0.25, 0.3) is 0 Å². The lowest BCUT2D eigenvalue weighted by Crippen LogP contribution is -2.27. The fraction of sp³-hybridized carbons (Fsp3) is 0.222. The van der Waals surface area contributed by atoms with Crippen LogP contribution in [0.4, 0.5) is 0 Å². The molecule has 1 aliphatic heterocycles. The molecule has 1 unspecified atom stereocenters. The Labute approximate surface area is 129 Å². The highest BCUT2D eigenvalue weighted by Crippen LogP contribution is 2.34.